The van der Waals surface area contributed by atoms with Crippen LogP contribution in [0.3, 0.4) is 0 Å². The molecule has 0 N–H and O–H groups in total. The lowest BCUT2D eigenvalue weighted by molar-refractivity contribution is -0.143. The number of anilines is 2. The van der Waals surface area contributed by atoms with Crippen molar-refractivity contribution in [3.05, 3.63) is 64.3 Å². The summed E-state index contributed by atoms with van der Waals surface area (Å²) in [4.78, 5) is 23.2. The lowest BCUT2D eigenvalue weighted by Gasteiger charge is -2.43. The third kappa shape index (κ3) is 7.01. The zero-order chi connectivity index (χ0) is 32.8. The minimum atomic E-state index is -5.14. The number of fused-ring (bicyclic) bond motifs is 1. The Morgan fingerprint density at radius 2 is 1.61 bits per heavy atom. The topological polar surface area (TPSA) is 84.6 Å². The van der Waals surface area contributed by atoms with E-state index in [4.69, 9.17) is 9.26 Å². The Labute approximate surface area is 244 Å². The van der Waals surface area contributed by atoms with Crippen LogP contribution in [0.5, 0.6) is 0 Å². The van der Waals surface area contributed by atoms with E-state index in [1.165, 1.54) is 6.92 Å². The van der Waals surface area contributed by atoms with Gasteiger partial charge < -0.3 is 14.2 Å². The van der Waals surface area contributed by atoms with Crippen LogP contribution in [0.4, 0.5) is 55.9 Å². The molecule has 3 aromatic rings. The average molecular weight is 640 g/mol. The van der Waals surface area contributed by atoms with Gasteiger partial charge in [0.1, 0.15) is 5.69 Å². The first kappa shape index (κ1) is 32.9. The zero-order valence-corrected chi connectivity index (χ0v) is 23.6. The Bertz CT molecular complexity index is 1470. The summed E-state index contributed by atoms with van der Waals surface area (Å²) in [6.07, 6.45) is -16.6. The maximum atomic E-state index is 13.8. The van der Waals surface area contributed by atoms with Crippen LogP contribution in [0.15, 0.2) is 34.9 Å². The van der Waals surface area contributed by atoms with Crippen LogP contribution >= 0.6 is 0 Å². The molecule has 240 valence electrons. The molecule has 1 aliphatic heterocycles. The monoisotopic (exact) mass is 639 g/mol. The number of benzene rings is 1. The van der Waals surface area contributed by atoms with Crippen molar-refractivity contribution in [2.45, 2.75) is 83.8 Å². The van der Waals surface area contributed by atoms with E-state index in [2.05, 4.69) is 15.1 Å². The average Bonchev–Trinajstić information content (AvgIpc) is 3.34. The van der Waals surface area contributed by atoms with Crippen molar-refractivity contribution in [2.24, 2.45) is 0 Å². The summed E-state index contributed by atoms with van der Waals surface area (Å²) in [6, 6.07) is 0.651. The predicted molar refractivity (Wildman–Crippen MR) is 136 cm³/mol. The largest absolute Gasteiger partial charge is 0.446 e. The van der Waals surface area contributed by atoms with Crippen LogP contribution in [0.2, 0.25) is 0 Å². The Hall–Kier alpha value is -4.05. The first-order valence-electron chi connectivity index (χ1n) is 13.2. The molecular weight excluding hydrogens is 613 g/mol. The Morgan fingerprint density at radius 1 is 1.00 bits per heavy atom. The summed E-state index contributed by atoms with van der Waals surface area (Å²) in [7, 11) is 0. The number of ether oxygens (including phenoxy) is 1. The van der Waals surface area contributed by atoms with E-state index in [1.807, 2.05) is 0 Å². The molecule has 8 nitrogen and oxygen atoms in total. The standard InChI is InChI=1S/C27H26F9N5O3/c1-5-18-11-20(22-19(41(18)24(42)43-13(2)3)6-7-21(38-22)27(34,35)36)40(23-37-14(4)44-39-23)12-15-8-16(25(28,29)30)10-17(9-15)26(31,32)33/h6-10,13,18,20H,5,11-12H2,1-4H3. The Morgan fingerprint density at radius 3 is 2.09 bits per heavy atom. The predicted octanol–water partition coefficient (Wildman–Crippen LogP) is 8.11. The third-order valence-electron chi connectivity index (χ3n) is 6.78. The fourth-order valence-electron chi connectivity index (χ4n) is 4.91. The first-order chi connectivity index (χ1) is 20.3. The molecule has 0 aliphatic carbocycles. The highest BCUT2D eigenvalue weighted by molar-refractivity contribution is 5.90. The van der Waals surface area contributed by atoms with Gasteiger partial charge in [0.15, 0.2) is 0 Å². The zero-order valence-electron chi connectivity index (χ0n) is 23.6. The fourth-order valence-corrected chi connectivity index (χ4v) is 4.91. The van der Waals surface area contributed by atoms with Crippen LogP contribution in [-0.4, -0.2) is 33.4 Å². The molecule has 2 aromatic heterocycles. The van der Waals surface area contributed by atoms with Gasteiger partial charge in [0.2, 0.25) is 5.89 Å². The number of rotatable bonds is 6. The van der Waals surface area contributed by atoms with Crippen molar-refractivity contribution in [3.63, 3.8) is 0 Å². The van der Waals surface area contributed by atoms with Gasteiger partial charge in [-0.1, -0.05) is 6.92 Å². The maximum Gasteiger partial charge on any atom is 0.433 e. The van der Waals surface area contributed by atoms with Gasteiger partial charge >= 0.3 is 24.6 Å². The van der Waals surface area contributed by atoms with Gasteiger partial charge in [-0.2, -0.15) is 44.5 Å². The lowest BCUT2D eigenvalue weighted by atomic mass is 9.91. The summed E-state index contributed by atoms with van der Waals surface area (Å²) in [6.45, 7) is 5.48. The van der Waals surface area contributed by atoms with Gasteiger partial charge in [-0.25, -0.2) is 9.78 Å². The SMILES string of the molecule is CCC1CC(N(Cc2cc(C(F)(F)F)cc(C(F)(F)F)c2)c2noc(C)n2)c2nc(C(F)(F)F)ccc2N1C(=O)OC(C)C. The first-order valence-corrected chi connectivity index (χ1v) is 13.2. The molecule has 2 atom stereocenters. The number of aromatic nitrogens is 3. The molecule has 1 aliphatic rings. The molecule has 0 radical (unpaired) electrons. The van der Waals surface area contributed by atoms with Gasteiger partial charge in [-0.15, -0.1) is 0 Å². The summed E-state index contributed by atoms with van der Waals surface area (Å²) < 4.78 is 134. The highest BCUT2D eigenvalue weighted by Crippen LogP contribution is 2.45. The highest BCUT2D eigenvalue weighted by atomic mass is 19.4. The second-order valence-electron chi connectivity index (χ2n) is 10.4. The van der Waals surface area contributed by atoms with Crippen molar-refractivity contribution in [1.82, 2.24) is 15.1 Å². The summed E-state index contributed by atoms with van der Waals surface area (Å²) >= 11 is 0. The number of halogens is 9. The summed E-state index contributed by atoms with van der Waals surface area (Å²) in [5.74, 6) is -0.357. The van der Waals surface area contributed by atoms with Crippen molar-refractivity contribution in [3.8, 4) is 0 Å². The van der Waals surface area contributed by atoms with E-state index >= 15 is 0 Å². The van der Waals surface area contributed by atoms with Crippen molar-refractivity contribution < 1.29 is 53.6 Å². The van der Waals surface area contributed by atoms with E-state index in [1.54, 1.807) is 20.8 Å². The number of hydrogen-bond acceptors (Lipinski definition) is 7. The van der Waals surface area contributed by atoms with Crippen LogP contribution in [0.1, 0.15) is 73.6 Å². The van der Waals surface area contributed by atoms with Crippen molar-refractivity contribution in [1.29, 1.82) is 0 Å². The number of carbonyl (C=O) groups excluding carboxylic acids is 1. The number of aryl methyl sites for hydroxylation is 1. The van der Waals surface area contributed by atoms with Gasteiger partial charge in [0, 0.05) is 19.5 Å². The van der Waals surface area contributed by atoms with Gasteiger partial charge in [-0.05, 0) is 67.7 Å². The quantitative estimate of drug-likeness (QED) is 0.252. The normalized spacial score (nSPS) is 17.5. The summed E-state index contributed by atoms with van der Waals surface area (Å²) in [5, 5.41) is 3.76. The molecule has 17 heteroatoms. The molecular formula is C27H26F9N5O3. The van der Waals surface area contributed by atoms with E-state index in [0.717, 1.165) is 15.9 Å². The smallest absolute Gasteiger partial charge is 0.433 e. The van der Waals surface area contributed by atoms with Crippen LogP contribution < -0.4 is 9.80 Å². The van der Waals surface area contributed by atoms with Crippen LogP contribution in [0, 0.1) is 6.92 Å². The molecule has 0 saturated heterocycles. The maximum absolute atomic E-state index is 13.8. The van der Waals surface area contributed by atoms with Crippen LogP contribution in [-0.2, 0) is 29.8 Å². The highest BCUT2D eigenvalue weighted by Gasteiger charge is 2.44. The van der Waals surface area contributed by atoms with Gasteiger partial charge in [-0.3, -0.25) is 4.90 Å². The molecule has 44 heavy (non-hydrogen) atoms. The fraction of sp³-hybridized carbons (Fsp3) is 0.481. The molecule has 0 spiro atoms. The van der Waals surface area contributed by atoms with Gasteiger partial charge in [0.05, 0.1) is 34.7 Å². The molecule has 0 saturated carbocycles. The Kier molecular flexibility index (Phi) is 8.81. The van der Waals surface area contributed by atoms with E-state index in [9.17, 15) is 44.3 Å². The molecule has 1 amide bonds. The second-order valence-corrected chi connectivity index (χ2v) is 10.4. The number of alkyl halides is 9. The minimum absolute atomic E-state index is 0.0350. The third-order valence-corrected chi connectivity index (χ3v) is 6.78. The minimum Gasteiger partial charge on any atom is -0.446 e. The van der Waals surface area contributed by atoms with Crippen molar-refractivity contribution >= 4 is 17.7 Å². The van der Waals surface area contributed by atoms with Gasteiger partial charge in [0.25, 0.3) is 5.95 Å². The number of pyridine rings is 1. The van der Waals surface area contributed by atoms with E-state index in [0.29, 0.717) is 18.2 Å². The second kappa shape index (κ2) is 11.8. The number of carbonyl (C=O) groups is 1. The molecule has 4 rings (SSSR count). The molecule has 2 unspecified atom stereocenters. The molecule has 0 bridgehead atoms. The lowest BCUT2D eigenvalue weighted by Crippen LogP contribution is -2.49. The molecule has 0 fully saturated rings. The van der Waals surface area contributed by atoms with Crippen molar-refractivity contribution in [2.75, 3.05) is 9.80 Å². The number of hydrogen-bond donors (Lipinski definition) is 0. The van der Waals surface area contributed by atoms with E-state index in [-0.39, 0.29) is 42.1 Å². The molecule has 3 heterocycles. The van der Waals surface area contributed by atoms with E-state index < -0.39 is 71.7 Å². The Balaban J connectivity index is 1.93. The number of nitrogens with zero attached hydrogens (tertiary/aromatic N) is 5. The summed E-state index contributed by atoms with van der Waals surface area (Å²) in [5.41, 5.74) is -5.41. The molecule has 1 aromatic carbocycles. The van der Waals surface area contributed by atoms with Crippen LogP contribution in [0.25, 0.3) is 0 Å². The number of amides is 1.